The van der Waals surface area contributed by atoms with Crippen LogP contribution in [0.2, 0.25) is 10.0 Å². The molecule has 1 aliphatic carbocycles. The molecule has 4 N–H and O–H groups in total. The van der Waals surface area contributed by atoms with Gasteiger partial charge in [0.25, 0.3) is 5.91 Å². The highest BCUT2D eigenvalue weighted by molar-refractivity contribution is 6.35. The van der Waals surface area contributed by atoms with E-state index in [1.54, 1.807) is 0 Å². The molecule has 13 nitrogen and oxygen atoms in total. The first-order valence-corrected chi connectivity index (χ1v) is 17.2. The van der Waals surface area contributed by atoms with Gasteiger partial charge in [0.2, 0.25) is 5.91 Å². The molecule has 2 aromatic carbocycles. The second kappa shape index (κ2) is 15.7. The number of nitrogens with zero attached hydrogens (tertiary/aromatic N) is 5. The number of amides is 2. The Labute approximate surface area is 300 Å². The van der Waals surface area contributed by atoms with Crippen LogP contribution >= 0.6 is 23.2 Å². The zero-order chi connectivity index (χ0) is 36.6. The van der Waals surface area contributed by atoms with Crippen molar-refractivity contribution < 1.29 is 52.7 Å². The number of ether oxygens (including phenoxy) is 2. The van der Waals surface area contributed by atoms with E-state index in [4.69, 9.17) is 32.7 Å². The standard InChI is InChI=1S/C33H36Cl2F3N5O8/c34-17-9-18(35)11-19(10-17)43(24-3-1-2-4-25(24)46)33(49)32-31(50-15-27(47)41-6-5-20(45)12-41)29(30(48)26(14-44)51-32)42-13-23(39-40-42)16-7-21(36)28(38)22(37)8-16/h7-11,13,20,24-26,29-32,44-46,48H,1-6,12,14-15H2/t20-,24-,25-,26+,29-,30-,31+,32+/m0/s1. The first-order valence-electron chi connectivity index (χ1n) is 16.4. The number of rotatable bonds is 9. The molecule has 3 fully saturated rings. The second-order valence-corrected chi connectivity index (χ2v) is 13.8. The van der Waals surface area contributed by atoms with Gasteiger partial charge in [0.05, 0.1) is 31.1 Å². The highest BCUT2D eigenvalue weighted by Crippen LogP contribution is 2.38. The molecule has 0 radical (unpaired) electrons. The van der Waals surface area contributed by atoms with Gasteiger partial charge >= 0.3 is 0 Å². The summed E-state index contributed by atoms with van der Waals surface area (Å²) in [4.78, 5) is 30.7. The summed E-state index contributed by atoms with van der Waals surface area (Å²) in [5, 5.41) is 51.3. The number of benzene rings is 2. The monoisotopic (exact) mass is 757 g/mol. The lowest BCUT2D eigenvalue weighted by Gasteiger charge is -2.46. The quantitative estimate of drug-likeness (QED) is 0.238. The molecule has 8 atom stereocenters. The van der Waals surface area contributed by atoms with Crippen molar-refractivity contribution >= 4 is 40.7 Å². The highest BCUT2D eigenvalue weighted by Gasteiger charge is 2.52. The SMILES string of the molecule is O=C(CO[C@@H]1[C@@H](n2cc(-c3cc(F)c(F)c(F)c3)nn2)[C@@H](O)[C@@H](CO)O[C@H]1C(=O)N(c1cc(Cl)cc(Cl)c1)[C@H]1CCCC[C@@H]1O)N1CC[C@H](O)C1. The van der Waals surface area contributed by atoms with E-state index in [0.29, 0.717) is 44.2 Å². The Morgan fingerprint density at radius 2 is 1.69 bits per heavy atom. The summed E-state index contributed by atoms with van der Waals surface area (Å²) >= 11 is 12.7. The maximum absolute atomic E-state index is 14.9. The zero-order valence-corrected chi connectivity index (χ0v) is 28.5. The molecule has 3 heterocycles. The normalized spacial score (nSPS) is 28.2. The molecule has 2 amide bonds. The number of halogens is 5. The number of hydrogen-bond donors (Lipinski definition) is 4. The van der Waals surface area contributed by atoms with Crippen LogP contribution in [0, 0.1) is 17.5 Å². The van der Waals surface area contributed by atoms with Gasteiger partial charge < -0.3 is 39.7 Å². The van der Waals surface area contributed by atoms with Gasteiger partial charge in [-0.1, -0.05) is 41.3 Å². The van der Waals surface area contributed by atoms with Crippen LogP contribution in [0.5, 0.6) is 0 Å². The third-order valence-corrected chi connectivity index (χ3v) is 9.95. The fraction of sp³-hybridized carbons (Fsp3) is 0.515. The van der Waals surface area contributed by atoms with Crippen molar-refractivity contribution in [1.82, 2.24) is 19.9 Å². The van der Waals surface area contributed by atoms with Crippen LogP contribution in [0.25, 0.3) is 11.3 Å². The summed E-state index contributed by atoms with van der Waals surface area (Å²) in [5.74, 6) is -5.96. The number of likely N-dealkylation sites (tertiary alicyclic amines) is 1. The highest BCUT2D eigenvalue weighted by atomic mass is 35.5. The van der Waals surface area contributed by atoms with E-state index >= 15 is 0 Å². The first kappa shape index (κ1) is 37.4. The van der Waals surface area contributed by atoms with Crippen molar-refractivity contribution in [2.75, 3.05) is 31.2 Å². The van der Waals surface area contributed by atoms with Gasteiger partial charge in [-0.15, -0.1) is 5.10 Å². The van der Waals surface area contributed by atoms with Crippen LogP contribution in [-0.2, 0) is 19.1 Å². The van der Waals surface area contributed by atoms with Gasteiger partial charge in [-0.05, 0) is 49.6 Å². The van der Waals surface area contributed by atoms with Crippen molar-refractivity contribution in [3.63, 3.8) is 0 Å². The van der Waals surface area contributed by atoms with Crippen LogP contribution < -0.4 is 4.90 Å². The van der Waals surface area contributed by atoms with Gasteiger partial charge in [0.1, 0.15) is 36.7 Å². The smallest absolute Gasteiger partial charge is 0.259 e. The summed E-state index contributed by atoms with van der Waals surface area (Å²) in [6.45, 7) is -1.11. The number of carbonyl (C=O) groups excluding carboxylic acids is 2. The van der Waals surface area contributed by atoms with E-state index in [2.05, 4.69) is 10.3 Å². The third kappa shape index (κ3) is 7.88. The zero-order valence-electron chi connectivity index (χ0n) is 27.0. The van der Waals surface area contributed by atoms with Crippen molar-refractivity contribution in [2.45, 2.75) is 80.8 Å². The molecule has 0 unspecified atom stereocenters. The van der Waals surface area contributed by atoms with Crippen LogP contribution in [0.4, 0.5) is 18.9 Å². The molecule has 3 aliphatic rings. The maximum atomic E-state index is 14.9. The van der Waals surface area contributed by atoms with Crippen molar-refractivity contribution in [1.29, 1.82) is 0 Å². The van der Waals surface area contributed by atoms with Crippen molar-refractivity contribution in [3.05, 3.63) is 64.0 Å². The number of hydrogen-bond acceptors (Lipinski definition) is 10. The molecule has 276 valence electrons. The average Bonchev–Trinajstić information content (AvgIpc) is 3.76. The lowest BCUT2D eigenvalue weighted by Crippen LogP contribution is -2.63. The molecule has 1 aromatic heterocycles. The van der Waals surface area contributed by atoms with E-state index < -0.39 is 91.2 Å². The van der Waals surface area contributed by atoms with E-state index in [1.165, 1.54) is 34.2 Å². The Kier molecular flexibility index (Phi) is 11.5. The fourth-order valence-electron chi connectivity index (χ4n) is 6.96. The van der Waals surface area contributed by atoms with E-state index in [-0.39, 0.29) is 40.1 Å². The minimum Gasteiger partial charge on any atom is -0.394 e. The third-order valence-electron chi connectivity index (χ3n) is 9.51. The second-order valence-electron chi connectivity index (χ2n) is 12.9. The lowest BCUT2D eigenvalue weighted by atomic mass is 9.88. The van der Waals surface area contributed by atoms with Crippen molar-refractivity contribution in [2.24, 2.45) is 0 Å². The molecular formula is C33H36Cl2F3N5O8. The van der Waals surface area contributed by atoms with Crippen molar-refractivity contribution in [3.8, 4) is 11.3 Å². The minimum absolute atomic E-state index is 0.0600. The Morgan fingerprint density at radius 3 is 2.31 bits per heavy atom. The van der Waals surface area contributed by atoms with Gasteiger partial charge in [0, 0.05) is 34.4 Å². The Morgan fingerprint density at radius 1 is 1.00 bits per heavy atom. The molecule has 51 heavy (non-hydrogen) atoms. The lowest BCUT2D eigenvalue weighted by molar-refractivity contribution is -0.217. The number of aliphatic hydroxyl groups excluding tert-OH is 4. The molecular weight excluding hydrogens is 722 g/mol. The van der Waals surface area contributed by atoms with Gasteiger partial charge in [-0.3, -0.25) is 9.59 Å². The van der Waals surface area contributed by atoms with E-state index in [9.17, 15) is 43.2 Å². The van der Waals surface area contributed by atoms with E-state index in [1.807, 2.05) is 0 Å². The summed E-state index contributed by atoms with van der Waals surface area (Å²) in [6, 6.07) is 3.64. The van der Waals surface area contributed by atoms with Gasteiger partial charge in [0.15, 0.2) is 23.6 Å². The molecule has 1 saturated carbocycles. The van der Waals surface area contributed by atoms with Crippen LogP contribution in [-0.4, -0.2) is 121 Å². The summed E-state index contributed by atoms with van der Waals surface area (Å²) < 4.78 is 55.2. The largest absolute Gasteiger partial charge is 0.394 e. The average molecular weight is 759 g/mol. The van der Waals surface area contributed by atoms with Gasteiger partial charge in [-0.25, -0.2) is 17.9 Å². The molecule has 2 aliphatic heterocycles. The molecule has 0 bridgehead atoms. The summed E-state index contributed by atoms with van der Waals surface area (Å²) in [7, 11) is 0. The van der Waals surface area contributed by atoms with Crippen LogP contribution in [0.15, 0.2) is 36.5 Å². The minimum atomic E-state index is -1.68. The molecule has 2 saturated heterocycles. The molecule has 3 aromatic rings. The Bertz CT molecular complexity index is 1710. The number of carbonyl (C=O) groups is 2. The summed E-state index contributed by atoms with van der Waals surface area (Å²) in [6.07, 6.45) is -4.29. The molecule has 18 heteroatoms. The van der Waals surface area contributed by atoms with E-state index in [0.717, 1.165) is 4.68 Å². The number of β-amino-alcohol motifs (C(OH)–C–C–N with tert-alkyl or cyclic N) is 1. The Hall–Kier alpha value is -3.35. The fourth-order valence-corrected chi connectivity index (χ4v) is 7.47. The van der Waals surface area contributed by atoms with Crippen LogP contribution in [0.1, 0.15) is 38.1 Å². The molecule has 0 spiro atoms. The summed E-state index contributed by atoms with van der Waals surface area (Å²) in [5.41, 5.74) is -0.114. The topological polar surface area (TPSA) is 171 Å². The predicted octanol–water partition coefficient (Wildman–Crippen LogP) is 2.65. The number of aromatic nitrogens is 3. The molecule has 6 rings (SSSR count). The Balaban J connectivity index is 1.42. The van der Waals surface area contributed by atoms with Crippen LogP contribution in [0.3, 0.4) is 0 Å². The number of anilines is 1. The predicted molar refractivity (Wildman–Crippen MR) is 175 cm³/mol. The first-order chi connectivity index (χ1) is 24.4. The maximum Gasteiger partial charge on any atom is 0.259 e. The van der Waals surface area contributed by atoms with Gasteiger partial charge in [-0.2, -0.15) is 0 Å². The number of aliphatic hydroxyl groups is 4.